The van der Waals surface area contributed by atoms with E-state index in [1.165, 1.54) is 17.1 Å². The van der Waals surface area contributed by atoms with E-state index in [1.807, 2.05) is 13.8 Å². The van der Waals surface area contributed by atoms with Crippen LogP contribution >= 0.6 is 23.2 Å². The molecule has 0 spiro atoms. The molecule has 0 bridgehead atoms. The highest BCUT2D eigenvalue weighted by molar-refractivity contribution is 6.42. The summed E-state index contributed by atoms with van der Waals surface area (Å²) in [6.45, 7) is 3.88. The van der Waals surface area contributed by atoms with Crippen molar-refractivity contribution in [2.24, 2.45) is 5.92 Å². The average Bonchev–Trinajstić information content (AvgIpc) is 2.38. The SMILES string of the molecule is CC(C)CN(CC(=O)O)C(=O)C=Cc1cccc(Cl)c1Cl. The van der Waals surface area contributed by atoms with Crippen molar-refractivity contribution in [2.45, 2.75) is 13.8 Å². The van der Waals surface area contributed by atoms with Crippen LogP contribution in [-0.4, -0.2) is 35.0 Å². The van der Waals surface area contributed by atoms with Crippen LogP contribution < -0.4 is 0 Å². The second-order valence-corrected chi connectivity index (χ2v) is 5.77. The zero-order valence-electron chi connectivity index (χ0n) is 11.8. The van der Waals surface area contributed by atoms with E-state index in [2.05, 4.69) is 0 Å². The van der Waals surface area contributed by atoms with Gasteiger partial charge in [-0.15, -0.1) is 0 Å². The van der Waals surface area contributed by atoms with Gasteiger partial charge in [-0.2, -0.15) is 0 Å². The van der Waals surface area contributed by atoms with Gasteiger partial charge in [0.25, 0.3) is 0 Å². The van der Waals surface area contributed by atoms with Gasteiger partial charge in [-0.1, -0.05) is 49.2 Å². The molecule has 21 heavy (non-hydrogen) atoms. The third-order valence-corrected chi connectivity index (χ3v) is 3.44. The number of halogens is 2. The number of carbonyl (C=O) groups excluding carboxylic acids is 1. The molecule has 1 N–H and O–H groups in total. The first-order valence-corrected chi connectivity index (χ1v) is 7.19. The van der Waals surface area contributed by atoms with Crippen molar-refractivity contribution in [3.8, 4) is 0 Å². The van der Waals surface area contributed by atoms with Gasteiger partial charge in [-0.05, 0) is 23.6 Å². The minimum absolute atomic E-state index is 0.177. The molecule has 0 atom stereocenters. The van der Waals surface area contributed by atoms with Crippen molar-refractivity contribution in [1.29, 1.82) is 0 Å². The number of hydrogen-bond donors (Lipinski definition) is 1. The molecule has 1 rings (SSSR count). The molecule has 0 saturated heterocycles. The summed E-state index contributed by atoms with van der Waals surface area (Å²) in [5, 5.41) is 9.61. The lowest BCUT2D eigenvalue weighted by atomic mass is 10.2. The lowest BCUT2D eigenvalue weighted by Gasteiger charge is -2.21. The maximum absolute atomic E-state index is 12.1. The molecule has 1 aromatic rings. The zero-order valence-corrected chi connectivity index (χ0v) is 13.4. The molecule has 0 aliphatic heterocycles. The lowest BCUT2D eigenvalue weighted by Crippen LogP contribution is -2.37. The number of nitrogens with zero attached hydrogens (tertiary/aromatic N) is 1. The van der Waals surface area contributed by atoms with Crippen molar-refractivity contribution in [3.63, 3.8) is 0 Å². The predicted molar refractivity (Wildman–Crippen MR) is 84.5 cm³/mol. The Morgan fingerprint density at radius 1 is 1.33 bits per heavy atom. The Morgan fingerprint density at radius 2 is 2.00 bits per heavy atom. The lowest BCUT2D eigenvalue weighted by molar-refractivity contribution is -0.143. The molecule has 1 aromatic carbocycles. The van der Waals surface area contributed by atoms with E-state index in [1.54, 1.807) is 18.2 Å². The van der Waals surface area contributed by atoms with Crippen LogP contribution in [0.2, 0.25) is 10.0 Å². The van der Waals surface area contributed by atoms with Gasteiger partial charge in [-0.25, -0.2) is 0 Å². The molecule has 4 nitrogen and oxygen atoms in total. The van der Waals surface area contributed by atoms with Gasteiger partial charge < -0.3 is 10.0 Å². The van der Waals surface area contributed by atoms with Crippen LogP contribution in [0.1, 0.15) is 19.4 Å². The van der Waals surface area contributed by atoms with Crippen LogP contribution in [0.3, 0.4) is 0 Å². The highest BCUT2D eigenvalue weighted by Crippen LogP contribution is 2.26. The summed E-state index contributed by atoms with van der Waals surface area (Å²) in [5.74, 6) is -1.24. The minimum Gasteiger partial charge on any atom is -0.480 e. The Morgan fingerprint density at radius 3 is 2.57 bits per heavy atom. The Balaban J connectivity index is 2.87. The van der Waals surface area contributed by atoms with E-state index in [9.17, 15) is 9.59 Å². The average molecular weight is 330 g/mol. The number of amides is 1. The van der Waals surface area contributed by atoms with Crippen LogP contribution in [0.4, 0.5) is 0 Å². The fraction of sp³-hybridized carbons (Fsp3) is 0.333. The summed E-state index contributed by atoms with van der Waals surface area (Å²) in [5.41, 5.74) is 0.609. The molecule has 6 heteroatoms. The maximum Gasteiger partial charge on any atom is 0.323 e. The number of rotatable bonds is 6. The van der Waals surface area contributed by atoms with Gasteiger partial charge in [0, 0.05) is 12.6 Å². The van der Waals surface area contributed by atoms with E-state index in [4.69, 9.17) is 28.3 Å². The number of hydrogen-bond acceptors (Lipinski definition) is 2. The van der Waals surface area contributed by atoms with Crippen molar-refractivity contribution in [1.82, 2.24) is 4.90 Å². The van der Waals surface area contributed by atoms with Crippen molar-refractivity contribution >= 4 is 41.2 Å². The summed E-state index contributed by atoms with van der Waals surface area (Å²) >= 11 is 11.9. The number of carbonyl (C=O) groups is 2. The molecule has 0 aliphatic rings. The summed E-state index contributed by atoms with van der Waals surface area (Å²) in [4.78, 5) is 24.2. The summed E-state index contributed by atoms with van der Waals surface area (Å²) < 4.78 is 0. The largest absolute Gasteiger partial charge is 0.480 e. The summed E-state index contributed by atoms with van der Waals surface area (Å²) in [7, 11) is 0. The molecule has 0 fully saturated rings. The Hall–Kier alpha value is -1.52. The smallest absolute Gasteiger partial charge is 0.323 e. The topological polar surface area (TPSA) is 57.6 Å². The Labute approximate surface area is 134 Å². The predicted octanol–water partition coefficient (Wildman–Crippen LogP) is 3.58. The number of aliphatic carboxylic acids is 1. The molecular formula is C15H17Cl2NO3. The van der Waals surface area contributed by atoms with Crippen LogP contribution in [0, 0.1) is 5.92 Å². The fourth-order valence-corrected chi connectivity index (χ4v) is 2.12. The minimum atomic E-state index is -1.04. The van der Waals surface area contributed by atoms with Crippen LogP contribution in [0.5, 0.6) is 0 Å². The molecule has 0 heterocycles. The molecule has 1 amide bonds. The van der Waals surface area contributed by atoms with E-state index in [-0.39, 0.29) is 18.4 Å². The monoisotopic (exact) mass is 329 g/mol. The van der Waals surface area contributed by atoms with Gasteiger partial charge in [-0.3, -0.25) is 9.59 Å². The van der Waals surface area contributed by atoms with Gasteiger partial charge in [0.2, 0.25) is 5.91 Å². The van der Waals surface area contributed by atoms with Crippen LogP contribution in [0.25, 0.3) is 6.08 Å². The van der Waals surface area contributed by atoms with E-state index in [0.29, 0.717) is 22.2 Å². The van der Waals surface area contributed by atoms with Crippen molar-refractivity contribution in [2.75, 3.05) is 13.1 Å². The Bertz CT molecular complexity index is 556. The van der Waals surface area contributed by atoms with Gasteiger partial charge in [0.1, 0.15) is 6.54 Å². The molecule has 0 aromatic heterocycles. The van der Waals surface area contributed by atoms with E-state index in [0.717, 1.165) is 0 Å². The Kier molecular flexibility index (Phi) is 6.72. The highest BCUT2D eigenvalue weighted by Gasteiger charge is 2.15. The first kappa shape index (κ1) is 17.5. The summed E-state index contributed by atoms with van der Waals surface area (Å²) in [6, 6.07) is 5.10. The molecule has 0 radical (unpaired) electrons. The third-order valence-electron chi connectivity index (χ3n) is 2.61. The standard InChI is InChI=1S/C15H17Cl2NO3/c1-10(2)8-18(9-14(20)21)13(19)7-6-11-4-3-5-12(16)15(11)17/h3-7,10H,8-9H2,1-2H3,(H,20,21). The molecule has 0 aliphatic carbocycles. The first-order valence-electron chi connectivity index (χ1n) is 6.44. The molecular weight excluding hydrogens is 313 g/mol. The van der Waals surface area contributed by atoms with Gasteiger partial charge in [0.05, 0.1) is 10.0 Å². The highest BCUT2D eigenvalue weighted by atomic mass is 35.5. The first-order chi connectivity index (χ1) is 9.81. The van der Waals surface area contributed by atoms with Crippen molar-refractivity contribution < 1.29 is 14.7 Å². The van der Waals surface area contributed by atoms with Crippen molar-refractivity contribution in [3.05, 3.63) is 39.9 Å². The second-order valence-electron chi connectivity index (χ2n) is 4.98. The van der Waals surface area contributed by atoms with E-state index < -0.39 is 5.97 Å². The van der Waals surface area contributed by atoms with Gasteiger partial charge in [0.15, 0.2) is 0 Å². The number of carboxylic acid groups (broad SMARTS) is 1. The molecule has 0 saturated carbocycles. The van der Waals surface area contributed by atoms with E-state index >= 15 is 0 Å². The zero-order chi connectivity index (χ0) is 16.0. The molecule has 0 unspecified atom stereocenters. The normalized spacial score (nSPS) is 11.1. The van der Waals surface area contributed by atoms with Gasteiger partial charge >= 0.3 is 5.97 Å². The fourth-order valence-electron chi connectivity index (χ4n) is 1.75. The maximum atomic E-state index is 12.1. The number of benzene rings is 1. The molecule has 114 valence electrons. The summed E-state index contributed by atoms with van der Waals surface area (Å²) in [6.07, 6.45) is 2.84. The quantitative estimate of drug-likeness (QED) is 0.811. The van der Waals surface area contributed by atoms with Crippen LogP contribution in [-0.2, 0) is 9.59 Å². The third kappa shape index (κ3) is 5.78. The number of carboxylic acids is 1. The second kappa shape index (κ2) is 8.05. The van der Waals surface area contributed by atoms with Crippen LogP contribution in [0.15, 0.2) is 24.3 Å².